The molecule has 2 aliphatic heterocycles. The second-order valence-electron chi connectivity index (χ2n) is 7.08. The molecule has 140 valence electrons. The van der Waals surface area contributed by atoms with Crippen LogP contribution in [0.25, 0.3) is 11.0 Å². The van der Waals surface area contributed by atoms with Crippen LogP contribution >= 0.6 is 11.6 Å². The fraction of sp³-hybridized carbons (Fsp3) is 0.500. The lowest BCUT2D eigenvalue weighted by Crippen LogP contribution is -2.52. The maximum atomic E-state index is 12.9. The Morgan fingerprint density at radius 2 is 1.96 bits per heavy atom. The number of aryl methyl sites for hydroxylation is 1. The summed E-state index contributed by atoms with van der Waals surface area (Å²) in [6, 6.07) is 5.42. The predicted octanol–water partition coefficient (Wildman–Crippen LogP) is 2.34. The van der Waals surface area contributed by atoms with Crippen LogP contribution in [0.2, 0.25) is 5.02 Å². The molecule has 2 fully saturated rings. The molecule has 0 N–H and O–H groups in total. The number of carbonyl (C=O) groups excluding carboxylic acids is 1. The van der Waals surface area contributed by atoms with Crippen molar-refractivity contribution in [1.29, 1.82) is 0 Å². The molecule has 6 nitrogen and oxygen atoms in total. The molecule has 2 aliphatic rings. The number of rotatable bonds is 2. The normalized spacial score (nSPS) is 23.6. The number of hydrogen-bond acceptors (Lipinski definition) is 5. The van der Waals surface area contributed by atoms with Gasteiger partial charge in [0.2, 0.25) is 0 Å². The molecule has 1 aromatic carbocycles. The van der Waals surface area contributed by atoms with Crippen molar-refractivity contribution in [2.45, 2.75) is 19.4 Å². The standard InChI is InChI=1S/C18H21ClN2O4S/c1-12-15-10-13(19)2-3-16(15)25-17(12)18(22)21-7-5-20(6-8-21)14-4-9-26(23,24)11-14/h2-3,10,14H,4-9,11H2,1H3/t14-/m0/s1. The van der Waals surface area contributed by atoms with Crippen molar-refractivity contribution in [3.05, 3.63) is 34.5 Å². The number of piperazine rings is 1. The highest BCUT2D eigenvalue weighted by Crippen LogP contribution is 2.29. The minimum atomic E-state index is -2.89. The Morgan fingerprint density at radius 3 is 2.62 bits per heavy atom. The summed E-state index contributed by atoms with van der Waals surface area (Å²) in [4.78, 5) is 16.9. The maximum absolute atomic E-state index is 12.9. The molecule has 0 unspecified atom stereocenters. The zero-order chi connectivity index (χ0) is 18.5. The van der Waals surface area contributed by atoms with Gasteiger partial charge < -0.3 is 9.32 Å². The highest BCUT2D eigenvalue weighted by Gasteiger charge is 2.35. The van der Waals surface area contributed by atoms with E-state index in [0.717, 1.165) is 10.9 Å². The van der Waals surface area contributed by atoms with E-state index in [2.05, 4.69) is 4.90 Å². The molecule has 1 aromatic heterocycles. The lowest BCUT2D eigenvalue weighted by Gasteiger charge is -2.37. The Balaban J connectivity index is 1.46. The van der Waals surface area contributed by atoms with Gasteiger partial charge in [-0.15, -0.1) is 0 Å². The first-order chi connectivity index (χ1) is 12.3. The summed E-state index contributed by atoms with van der Waals surface area (Å²) in [5.74, 6) is 0.759. The van der Waals surface area contributed by atoms with Crippen LogP contribution in [0.3, 0.4) is 0 Å². The molecule has 1 amide bonds. The number of halogens is 1. The minimum Gasteiger partial charge on any atom is -0.451 e. The summed E-state index contributed by atoms with van der Waals surface area (Å²) >= 11 is 6.04. The third-order valence-corrected chi connectivity index (χ3v) is 7.40. The van der Waals surface area contributed by atoms with Gasteiger partial charge in [-0.3, -0.25) is 9.69 Å². The van der Waals surface area contributed by atoms with Gasteiger partial charge in [-0.05, 0) is 31.5 Å². The van der Waals surface area contributed by atoms with Gasteiger partial charge in [0.1, 0.15) is 5.58 Å². The third-order valence-electron chi connectivity index (χ3n) is 5.42. The van der Waals surface area contributed by atoms with Crippen molar-refractivity contribution in [3.8, 4) is 0 Å². The van der Waals surface area contributed by atoms with E-state index in [-0.39, 0.29) is 23.5 Å². The van der Waals surface area contributed by atoms with Gasteiger partial charge >= 0.3 is 0 Å². The van der Waals surface area contributed by atoms with Gasteiger partial charge in [-0.2, -0.15) is 0 Å². The van der Waals surface area contributed by atoms with Crippen LogP contribution in [0.1, 0.15) is 22.5 Å². The molecule has 3 heterocycles. The fourth-order valence-corrected chi connectivity index (χ4v) is 5.83. The smallest absolute Gasteiger partial charge is 0.289 e. The second kappa shape index (κ2) is 6.55. The number of carbonyl (C=O) groups is 1. The summed E-state index contributed by atoms with van der Waals surface area (Å²) < 4.78 is 29.1. The largest absolute Gasteiger partial charge is 0.451 e. The van der Waals surface area contributed by atoms with Crippen LogP contribution in [0.4, 0.5) is 0 Å². The molecule has 0 saturated carbocycles. The van der Waals surface area contributed by atoms with Crippen LogP contribution in [0, 0.1) is 6.92 Å². The van der Waals surface area contributed by atoms with E-state index >= 15 is 0 Å². The molecule has 2 saturated heterocycles. The Hall–Kier alpha value is -1.57. The van der Waals surface area contributed by atoms with Crippen LogP contribution in [-0.4, -0.2) is 67.9 Å². The first-order valence-corrected chi connectivity index (χ1v) is 11.0. The first-order valence-electron chi connectivity index (χ1n) is 8.76. The second-order valence-corrected chi connectivity index (χ2v) is 9.75. The van der Waals surface area contributed by atoms with Crippen LogP contribution in [0.5, 0.6) is 0 Å². The van der Waals surface area contributed by atoms with Gasteiger partial charge in [0.25, 0.3) is 5.91 Å². The van der Waals surface area contributed by atoms with E-state index in [1.54, 1.807) is 17.0 Å². The number of fused-ring (bicyclic) bond motifs is 1. The lowest BCUT2D eigenvalue weighted by molar-refractivity contribution is 0.0560. The fourth-order valence-electron chi connectivity index (χ4n) is 3.89. The molecular formula is C18H21ClN2O4S. The Labute approximate surface area is 157 Å². The number of sulfone groups is 1. The SMILES string of the molecule is Cc1c(C(=O)N2CCN([C@H]3CCS(=O)(=O)C3)CC2)oc2ccc(Cl)cc12. The average molecular weight is 397 g/mol. The van der Waals surface area contributed by atoms with Crippen LogP contribution in [-0.2, 0) is 9.84 Å². The summed E-state index contributed by atoms with van der Waals surface area (Å²) in [5, 5.41) is 1.47. The molecule has 1 atom stereocenters. The molecule has 0 radical (unpaired) electrons. The molecule has 26 heavy (non-hydrogen) atoms. The van der Waals surface area contributed by atoms with Gasteiger partial charge in [0.15, 0.2) is 15.6 Å². The summed E-state index contributed by atoms with van der Waals surface area (Å²) in [6.07, 6.45) is 0.694. The van der Waals surface area contributed by atoms with Gasteiger partial charge in [-0.1, -0.05) is 11.6 Å². The van der Waals surface area contributed by atoms with E-state index in [0.29, 0.717) is 49.0 Å². The highest BCUT2D eigenvalue weighted by molar-refractivity contribution is 7.91. The number of furan rings is 1. The molecule has 8 heteroatoms. The number of amides is 1. The van der Waals surface area contributed by atoms with Gasteiger partial charge in [-0.25, -0.2) is 8.42 Å². The molecular weight excluding hydrogens is 376 g/mol. The lowest BCUT2D eigenvalue weighted by atomic mass is 10.1. The average Bonchev–Trinajstić information content (AvgIpc) is 3.14. The predicted molar refractivity (Wildman–Crippen MR) is 100 cm³/mol. The molecule has 0 spiro atoms. The van der Waals surface area contributed by atoms with Gasteiger partial charge in [0, 0.05) is 48.2 Å². The van der Waals surface area contributed by atoms with Crippen molar-refractivity contribution >= 4 is 38.3 Å². The van der Waals surface area contributed by atoms with E-state index in [9.17, 15) is 13.2 Å². The molecule has 2 aromatic rings. The molecule has 4 rings (SSSR count). The first kappa shape index (κ1) is 17.8. The van der Waals surface area contributed by atoms with E-state index in [1.807, 2.05) is 13.0 Å². The summed E-state index contributed by atoms with van der Waals surface area (Å²) in [7, 11) is -2.89. The monoisotopic (exact) mass is 396 g/mol. The van der Waals surface area contributed by atoms with Crippen molar-refractivity contribution < 1.29 is 17.6 Å². The minimum absolute atomic E-state index is 0.0901. The van der Waals surface area contributed by atoms with Crippen molar-refractivity contribution in [1.82, 2.24) is 9.80 Å². The summed E-state index contributed by atoms with van der Waals surface area (Å²) in [5.41, 5.74) is 1.46. The number of hydrogen-bond donors (Lipinski definition) is 0. The highest BCUT2D eigenvalue weighted by atomic mass is 35.5. The number of nitrogens with zero attached hydrogens (tertiary/aromatic N) is 2. The third kappa shape index (κ3) is 3.23. The van der Waals surface area contributed by atoms with Crippen LogP contribution in [0.15, 0.2) is 22.6 Å². The van der Waals surface area contributed by atoms with E-state index in [4.69, 9.17) is 16.0 Å². The van der Waals surface area contributed by atoms with Crippen LogP contribution < -0.4 is 0 Å². The van der Waals surface area contributed by atoms with Crippen molar-refractivity contribution in [3.63, 3.8) is 0 Å². The molecule has 0 bridgehead atoms. The zero-order valence-electron chi connectivity index (χ0n) is 14.6. The van der Waals surface area contributed by atoms with E-state index in [1.165, 1.54) is 0 Å². The number of benzene rings is 1. The Kier molecular flexibility index (Phi) is 4.49. The zero-order valence-corrected chi connectivity index (χ0v) is 16.1. The quantitative estimate of drug-likeness (QED) is 0.779. The Bertz CT molecular complexity index is 961. The maximum Gasteiger partial charge on any atom is 0.289 e. The van der Waals surface area contributed by atoms with Crippen molar-refractivity contribution in [2.75, 3.05) is 37.7 Å². The topological polar surface area (TPSA) is 70.8 Å². The van der Waals surface area contributed by atoms with Crippen molar-refractivity contribution in [2.24, 2.45) is 0 Å². The Morgan fingerprint density at radius 1 is 1.23 bits per heavy atom. The van der Waals surface area contributed by atoms with Gasteiger partial charge in [0.05, 0.1) is 11.5 Å². The molecule has 0 aliphatic carbocycles. The summed E-state index contributed by atoms with van der Waals surface area (Å²) in [6.45, 7) is 4.41. The van der Waals surface area contributed by atoms with E-state index < -0.39 is 9.84 Å².